The molecule has 1 aliphatic heterocycles. The molecular formula is C16H13Cl3F3NO2. The molecule has 1 aliphatic rings. The minimum atomic E-state index is -4.81. The summed E-state index contributed by atoms with van der Waals surface area (Å²) in [7, 11) is 0. The third-order valence-electron chi connectivity index (χ3n) is 3.46. The number of hydrogen-bond acceptors (Lipinski definition) is 3. The maximum absolute atomic E-state index is 12.7. The van der Waals surface area contributed by atoms with E-state index in [1.165, 1.54) is 12.1 Å². The van der Waals surface area contributed by atoms with Gasteiger partial charge in [0.25, 0.3) is 0 Å². The third-order valence-corrected chi connectivity index (χ3v) is 4.20. The first-order chi connectivity index (χ1) is 11.3. The Hall–Kier alpha value is -1.34. The lowest BCUT2D eigenvalue weighted by Gasteiger charge is -2.28. The van der Waals surface area contributed by atoms with Crippen molar-refractivity contribution in [3.8, 4) is 22.6 Å². The second-order valence-electron chi connectivity index (χ2n) is 5.24. The topological polar surface area (TPSA) is 30.5 Å². The quantitative estimate of drug-likeness (QED) is 0.733. The Morgan fingerprint density at radius 1 is 0.920 bits per heavy atom. The second kappa shape index (κ2) is 7.91. The van der Waals surface area contributed by atoms with E-state index in [9.17, 15) is 13.2 Å². The normalized spacial score (nSPS) is 14.4. The van der Waals surface area contributed by atoms with Gasteiger partial charge in [-0.25, -0.2) is 0 Å². The summed E-state index contributed by atoms with van der Waals surface area (Å²) in [6.45, 7) is 1.17. The summed E-state index contributed by atoms with van der Waals surface area (Å²) in [5.41, 5.74) is 1.13. The van der Waals surface area contributed by atoms with Gasteiger partial charge in [-0.3, -0.25) is 0 Å². The van der Waals surface area contributed by atoms with Crippen molar-refractivity contribution in [2.24, 2.45) is 0 Å². The molecule has 0 bridgehead atoms. The Labute approximate surface area is 158 Å². The van der Waals surface area contributed by atoms with Crippen molar-refractivity contribution in [1.29, 1.82) is 0 Å². The second-order valence-corrected chi connectivity index (χ2v) is 6.05. The van der Waals surface area contributed by atoms with E-state index in [2.05, 4.69) is 10.1 Å². The highest BCUT2D eigenvalue weighted by Gasteiger charge is 2.33. The van der Waals surface area contributed by atoms with Gasteiger partial charge in [0.15, 0.2) is 11.5 Å². The van der Waals surface area contributed by atoms with Gasteiger partial charge in [0.1, 0.15) is 6.10 Å². The molecule has 2 aromatic rings. The largest absolute Gasteiger partial charge is 0.573 e. The molecule has 1 heterocycles. The maximum atomic E-state index is 12.7. The zero-order chi connectivity index (χ0) is 17.3. The van der Waals surface area contributed by atoms with Crippen molar-refractivity contribution in [2.45, 2.75) is 12.5 Å². The highest BCUT2D eigenvalue weighted by Crippen LogP contribution is 2.38. The van der Waals surface area contributed by atoms with Gasteiger partial charge in [-0.2, -0.15) is 0 Å². The van der Waals surface area contributed by atoms with E-state index in [-0.39, 0.29) is 24.3 Å². The van der Waals surface area contributed by atoms with Gasteiger partial charge >= 0.3 is 6.36 Å². The Balaban J connectivity index is 0.00000225. The van der Waals surface area contributed by atoms with Crippen molar-refractivity contribution in [2.75, 3.05) is 13.1 Å². The summed E-state index contributed by atoms with van der Waals surface area (Å²) in [5.74, 6) is -0.347. The van der Waals surface area contributed by atoms with E-state index in [4.69, 9.17) is 27.9 Å². The van der Waals surface area contributed by atoms with Crippen LogP contribution in [0.3, 0.4) is 0 Å². The van der Waals surface area contributed by atoms with Crippen molar-refractivity contribution < 1.29 is 22.6 Å². The molecule has 1 saturated heterocycles. The van der Waals surface area contributed by atoms with Crippen LogP contribution in [0.1, 0.15) is 0 Å². The Morgan fingerprint density at radius 2 is 1.56 bits per heavy atom. The fraction of sp³-hybridized carbons (Fsp3) is 0.250. The van der Waals surface area contributed by atoms with E-state index in [0.29, 0.717) is 34.3 Å². The predicted octanol–water partition coefficient (Wildman–Crippen LogP) is 5.33. The monoisotopic (exact) mass is 413 g/mol. The summed E-state index contributed by atoms with van der Waals surface area (Å²) in [4.78, 5) is 0. The molecule has 0 spiro atoms. The maximum Gasteiger partial charge on any atom is 0.573 e. The van der Waals surface area contributed by atoms with Crippen molar-refractivity contribution in [3.05, 3.63) is 46.4 Å². The summed E-state index contributed by atoms with van der Waals surface area (Å²) in [6.07, 6.45) is -4.98. The van der Waals surface area contributed by atoms with Crippen LogP contribution in [-0.2, 0) is 0 Å². The van der Waals surface area contributed by atoms with Crippen LogP contribution in [0.25, 0.3) is 11.1 Å². The minimum Gasteiger partial charge on any atom is -0.484 e. The molecule has 3 rings (SSSR count). The van der Waals surface area contributed by atoms with Gasteiger partial charge in [-0.1, -0.05) is 35.3 Å². The number of nitrogens with one attached hydrogen (secondary N) is 1. The van der Waals surface area contributed by atoms with Crippen molar-refractivity contribution in [1.82, 2.24) is 5.32 Å². The fourth-order valence-electron chi connectivity index (χ4n) is 2.19. The van der Waals surface area contributed by atoms with Gasteiger partial charge in [0.05, 0.1) is 10.0 Å². The summed E-state index contributed by atoms with van der Waals surface area (Å²) >= 11 is 11.8. The minimum absolute atomic E-state index is 0. The smallest absolute Gasteiger partial charge is 0.484 e. The fourth-order valence-corrected chi connectivity index (χ4v) is 2.49. The molecule has 9 heteroatoms. The van der Waals surface area contributed by atoms with Crippen LogP contribution in [0, 0.1) is 0 Å². The Kier molecular flexibility index (Phi) is 6.32. The van der Waals surface area contributed by atoms with Crippen LogP contribution in [0.15, 0.2) is 36.4 Å². The van der Waals surface area contributed by atoms with Crippen molar-refractivity contribution >= 4 is 35.6 Å². The van der Waals surface area contributed by atoms with Gasteiger partial charge in [-0.15, -0.1) is 25.6 Å². The van der Waals surface area contributed by atoms with E-state index < -0.39 is 12.1 Å². The van der Waals surface area contributed by atoms with Crippen molar-refractivity contribution in [3.63, 3.8) is 0 Å². The summed E-state index contributed by atoms with van der Waals surface area (Å²) < 4.78 is 47.7. The molecule has 0 radical (unpaired) electrons. The molecule has 2 aromatic carbocycles. The average molecular weight is 415 g/mol. The van der Waals surface area contributed by atoms with E-state index >= 15 is 0 Å². The number of halogens is 6. The number of ether oxygens (including phenoxy) is 2. The molecule has 0 atom stereocenters. The van der Waals surface area contributed by atoms with Crippen LogP contribution in [0.5, 0.6) is 11.5 Å². The first kappa shape index (κ1) is 20.0. The van der Waals surface area contributed by atoms with E-state index in [1.807, 2.05) is 0 Å². The van der Waals surface area contributed by atoms with Crippen LogP contribution < -0.4 is 14.8 Å². The van der Waals surface area contributed by atoms with Gasteiger partial charge in [-0.05, 0) is 35.4 Å². The van der Waals surface area contributed by atoms with Crippen LogP contribution in [0.2, 0.25) is 10.0 Å². The predicted molar refractivity (Wildman–Crippen MR) is 93.1 cm³/mol. The van der Waals surface area contributed by atoms with E-state index in [1.54, 1.807) is 24.3 Å². The molecule has 3 nitrogen and oxygen atoms in total. The molecule has 0 aliphatic carbocycles. The molecule has 1 N–H and O–H groups in total. The molecule has 0 aromatic heterocycles. The Bertz CT molecular complexity index is 752. The number of alkyl halides is 3. The van der Waals surface area contributed by atoms with Gasteiger partial charge < -0.3 is 14.8 Å². The lowest BCUT2D eigenvalue weighted by Crippen LogP contribution is -2.50. The first-order valence-electron chi connectivity index (χ1n) is 7.04. The molecule has 0 amide bonds. The SMILES string of the molecule is Cl.FC(F)(F)Oc1cc(-c2ccc(Cl)c(Cl)c2)ccc1OC1CNC1. The first-order valence-corrected chi connectivity index (χ1v) is 7.80. The van der Waals surface area contributed by atoms with Crippen LogP contribution >= 0.6 is 35.6 Å². The Morgan fingerprint density at radius 3 is 2.12 bits per heavy atom. The molecule has 0 unspecified atom stereocenters. The number of benzene rings is 2. The molecule has 136 valence electrons. The molecule has 25 heavy (non-hydrogen) atoms. The number of rotatable bonds is 4. The summed E-state index contributed by atoms with van der Waals surface area (Å²) in [5, 5.41) is 3.66. The van der Waals surface area contributed by atoms with Crippen LogP contribution in [-0.4, -0.2) is 25.6 Å². The zero-order valence-corrected chi connectivity index (χ0v) is 14.9. The lowest BCUT2D eigenvalue weighted by atomic mass is 10.1. The lowest BCUT2D eigenvalue weighted by molar-refractivity contribution is -0.275. The number of hydrogen-bond donors (Lipinski definition) is 1. The molecule has 0 saturated carbocycles. The molecule has 1 fully saturated rings. The van der Waals surface area contributed by atoms with Crippen LogP contribution in [0.4, 0.5) is 13.2 Å². The molecular weight excluding hydrogens is 402 g/mol. The average Bonchev–Trinajstić information content (AvgIpc) is 2.45. The third kappa shape index (κ3) is 5.07. The van der Waals surface area contributed by atoms with Gasteiger partial charge in [0, 0.05) is 13.1 Å². The standard InChI is InChI=1S/C16H12Cl2F3NO2.ClH/c17-12-3-1-9(5-13(12)18)10-2-4-14(23-11-7-22-8-11)15(6-10)24-16(19,20)21;/h1-6,11,22H,7-8H2;1H. The van der Waals surface area contributed by atoms with E-state index in [0.717, 1.165) is 0 Å². The zero-order valence-electron chi connectivity index (χ0n) is 12.6. The highest BCUT2D eigenvalue weighted by atomic mass is 35.5. The highest BCUT2D eigenvalue weighted by molar-refractivity contribution is 6.42. The van der Waals surface area contributed by atoms with Gasteiger partial charge in [0.2, 0.25) is 0 Å². The summed E-state index contributed by atoms with van der Waals surface area (Å²) in [6, 6.07) is 9.19.